The van der Waals surface area contributed by atoms with Crippen LogP contribution in [0.5, 0.6) is 0 Å². The zero-order valence-corrected chi connectivity index (χ0v) is 18.5. The van der Waals surface area contributed by atoms with E-state index >= 15 is 0 Å². The summed E-state index contributed by atoms with van der Waals surface area (Å²) >= 11 is 0. The normalized spacial score (nSPS) is 21.8. The summed E-state index contributed by atoms with van der Waals surface area (Å²) in [5, 5.41) is 0. The predicted octanol–water partition coefficient (Wildman–Crippen LogP) is 1.29. The first-order valence-electron chi connectivity index (χ1n) is 10.8. The molecular weight excluding hydrogens is 430 g/mol. The van der Waals surface area contributed by atoms with Gasteiger partial charge in [-0.3, -0.25) is 9.59 Å². The molecule has 0 aliphatic carbocycles. The molecule has 0 bridgehead atoms. The van der Waals surface area contributed by atoms with Crippen molar-refractivity contribution in [3.8, 4) is 0 Å². The Labute approximate surface area is 187 Å². The molecule has 32 heavy (non-hydrogen) atoms. The van der Waals surface area contributed by atoms with Gasteiger partial charge in [0.05, 0.1) is 24.2 Å². The number of hydrogen-bond donors (Lipinski definition) is 0. The minimum Gasteiger partial charge on any atom is -0.379 e. The number of rotatable bonds is 3. The molecule has 3 aliphatic heterocycles. The van der Waals surface area contributed by atoms with Crippen LogP contribution >= 0.6 is 0 Å². The second kappa shape index (κ2) is 8.31. The highest BCUT2D eigenvalue weighted by molar-refractivity contribution is 7.89. The van der Waals surface area contributed by atoms with Crippen molar-refractivity contribution in [2.24, 2.45) is 0 Å². The summed E-state index contributed by atoms with van der Waals surface area (Å²) in [5.41, 5.74) is 2.68. The van der Waals surface area contributed by atoms with Crippen LogP contribution in [0.25, 0.3) is 0 Å². The van der Waals surface area contributed by atoms with Gasteiger partial charge in [-0.05, 0) is 41.8 Å². The molecule has 0 aromatic heterocycles. The number of amides is 2. The fourth-order valence-electron chi connectivity index (χ4n) is 4.72. The molecule has 2 amide bonds. The number of benzene rings is 2. The van der Waals surface area contributed by atoms with Crippen LogP contribution in [-0.4, -0.2) is 80.3 Å². The molecule has 0 N–H and O–H groups in total. The molecule has 168 valence electrons. The minimum atomic E-state index is -3.62. The predicted molar refractivity (Wildman–Crippen MR) is 117 cm³/mol. The molecule has 2 aromatic rings. The molecule has 5 rings (SSSR count). The van der Waals surface area contributed by atoms with Crippen molar-refractivity contribution in [2.45, 2.75) is 17.4 Å². The van der Waals surface area contributed by atoms with Gasteiger partial charge in [0, 0.05) is 31.7 Å². The molecule has 0 radical (unpaired) electrons. The zero-order valence-electron chi connectivity index (χ0n) is 17.6. The summed E-state index contributed by atoms with van der Waals surface area (Å²) in [6, 6.07) is 13.9. The molecule has 0 spiro atoms. The van der Waals surface area contributed by atoms with E-state index in [1.165, 1.54) is 34.1 Å². The largest absolute Gasteiger partial charge is 0.379 e. The van der Waals surface area contributed by atoms with Gasteiger partial charge >= 0.3 is 0 Å². The van der Waals surface area contributed by atoms with Crippen molar-refractivity contribution in [1.29, 1.82) is 0 Å². The van der Waals surface area contributed by atoms with Crippen molar-refractivity contribution in [3.63, 3.8) is 0 Å². The van der Waals surface area contributed by atoms with Crippen LogP contribution in [0.3, 0.4) is 0 Å². The highest BCUT2D eigenvalue weighted by Crippen LogP contribution is 2.33. The smallest absolute Gasteiger partial charge is 0.254 e. The Morgan fingerprint density at radius 1 is 0.969 bits per heavy atom. The topological polar surface area (TPSA) is 87.2 Å². The van der Waals surface area contributed by atoms with Crippen LogP contribution in [0.4, 0.5) is 0 Å². The van der Waals surface area contributed by atoms with E-state index in [9.17, 15) is 18.0 Å². The molecular formula is C23H25N3O5S. The van der Waals surface area contributed by atoms with Crippen LogP contribution in [0.15, 0.2) is 53.4 Å². The summed E-state index contributed by atoms with van der Waals surface area (Å²) in [4.78, 5) is 29.5. The number of hydrogen-bond acceptors (Lipinski definition) is 5. The third-order valence-corrected chi connectivity index (χ3v) is 8.36. The Balaban J connectivity index is 1.35. The van der Waals surface area contributed by atoms with E-state index < -0.39 is 10.0 Å². The second-order valence-electron chi connectivity index (χ2n) is 8.28. The van der Waals surface area contributed by atoms with Crippen molar-refractivity contribution in [2.75, 3.05) is 45.9 Å². The van der Waals surface area contributed by atoms with E-state index in [2.05, 4.69) is 6.07 Å². The zero-order chi connectivity index (χ0) is 22.3. The average molecular weight is 456 g/mol. The van der Waals surface area contributed by atoms with E-state index in [0.717, 1.165) is 12.0 Å². The first-order chi connectivity index (χ1) is 15.4. The number of ether oxygens (including phenoxy) is 1. The Hall–Kier alpha value is -2.75. The molecule has 0 saturated carbocycles. The maximum absolute atomic E-state index is 13.2. The van der Waals surface area contributed by atoms with E-state index in [4.69, 9.17) is 4.74 Å². The van der Waals surface area contributed by atoms with E-state index in [-0.39, 0.29) is 29.3 Å². The number of nitrogens with zero attached hydrogens (tertiary/aromatic N) is 3. The van der Waals surface area contributed by atoms with Crippen molar-refractivity contribution < 1.29 is 22.7 Å². The van der Waals surface area contributed by atoms with Crippen molar-refractivity contribution >= 4 is 21.8 Å². The van der Waals surface area contributed by atoms with Gasteiger partial charge in [0.15, 0.2) is 0 Å². The molecule has 2 fully saturated rings. The van der Waals surface area contributed by atoms with Gasteiger partial charge in [-0.25, -0.2) is 8.42 Å². The average Bonchev–Trinajstić information content (AvgIpc) is 2.84. The number of carbonyl (C=O) groups is 2. The van der Waals surface area contributed by atoms with Gasteiger partial charge in [0.1, 0.15) is 6.54 Å². The molecule has 9 heteroatoms. The third kappa shape index (κ3) is 3.70. The SMILES string of the molecule is O=C(c1ccc(S(=O)(=O)N2CCOCC2)cc1)N1CC(=O)N2CCc3ccccc3[C@H]2C1. The lowest BCUT2D eigenvalue weighted by atomic mass is 9.90. The standard InChI is InChI=1S/C23H25N3O5S/c27-22-16-24(15-21-20-4-2-1-3-17(20)9-10-26(21)22)23(28)18-5-7-19(8-6-18)32(29,30)25-11-13-31-14-12-25/h1-8,21H,9-16H2/t21-/m1/s1. The van der Waals surface area contributed by atoms with Crippen molar-refractivity contribution in [1.82, 2.24) is 14.1 Å². The molecule has 8 nitrogen and oxygen atoms in total. The van der Waals surface area contributed by atoms with Crippen LogP contribution in [0, 0.1) is 0 Å². The van der Waals surface area contributed by atoms with Gasteiger partial charge < -0.3 is 14.5 Å². The number of piperazine rings is 1. The first-order valence-corrected chi connectivity index (χ1v) is 12.2. The maximum atomic E-state index is 13.2. The molecule has 2 aromatic carbocycles. The molecule has 0 unspecified atom stereocenters. The second-order valence-corrected chi connectivity index (χ2v) is 10.2. The van der Waals surface area contributed by atoms with Crippen LogP contribution < -0.4 is 0 Å². The van der Waals surface area contributed by atoms with E-state index in [1.807, 2.05) is 23.1 Å². The fraction of sp³-hybridized carbons (Fsp3) is 0.391. The summed E-state index contributed by atoms with van der Waals surface area (Å²) < 4.78 is 32.2. The summed E-state index contributed by atoms with van der Waals surface area (Å²) in [5.74, 6) is -0.327. The summed E-state index contributed by atoms with van der Waals surface area (Å²) in [7, 11) is -3.62. The molecule has 3 heterocycles. The quantitative estimate of drug-likeness (QED) is 0.696. The van der Waals surface area contributed by atoms with Crippen LogP contribution in [0.2, 0.25) is 0 Å². The van der Waals surface area contributed by atoms with Gasteiger partial charge in [0.2, 0.25) is 15.9 Å². The monoisotopic (exact) mass is 455 g/mol. The maximum Gasteiger partial charge on any atom is 0.254 e. The number of sulfonamides is 1. The fourth-order valence-corrected chi connectivity index (χ4v) is 6.13. The van der Waals surface area contributed by atoms with Gasteiger partial charge in [0.25, 0.3) is 5.91 Å². The number of carbonyl (C=O) groups excluding carboxylic acids is 2. The van der Waals surface area contributed by atoms with Gasteiger partial charge in [-0.1, -0.05) is 24.3 Å². The Morgan fingerprint density at radius 2 is 1.69 bits per heavy atom. The van der Waals surface area contributed by atoms with Crippen LogP contribution in [0.1, 0.15) is 27.5 Å². The van der Waals surface area contributed by atoms with Crippen LogP contribution in [-0.2, 0) is 26.0 Å². The first kappa shape index (κ1) is 21.1. The lowest BCUT2D eigenvalue weighted by molar-refractivity contribution is -0.139. The third-order valence-electron chi connectivity index (χ3n) is 6.45. The number of fused-ring (bicyclic) bond motifs is 3. The van der Waals surface area contributed by atoms with E-state index in [1.54, 1.807) is 4.90 Å². The molecule has 2 saturated heterocycles. The van der Waals surface area contributed by atoms with Crippen molar-refractivity contribution in [3.05, 3.63) is 65.2 Å². The Kier molecular flexibility index (Phi) is 5.48. The molecule has 3 aliphatic rings. The number of morpholine rings is 1. The van der Waals surface area contributed by atoms with Gasteiger partial charge in [-0.15, -0.1) is 0 Å². The lowest BCUT2D eigenvalue weighted by Crippen LogP contribution is -2.55. The summed E-state index contributed by atoms with van der Waals surface area (Å²) in [6.07, 6.45) is 0.825. The lowest BCUT2D eigenvalue weighted by Gasteiger charge is -2.44. The summed E-state index contributed by atoms with van der Waals surface area (Å²) in [6.45, 7) is 2.51. The van der Waals surface area contributed by atoms with E-state index in [0.29, 0.717) is 45.0 Å². The highest BCUT2D eigenvalue weighted by Gasteiger charge is 2.38. The molecule has 1 atom stereocenters. The Morgan fingerprint density at radius 3 is 2.44 bits per heavy atom. The highest BCUT2D eigenvalue weighted by atomic mass is 32.2. The minimum absolute atomic E-state index is 0.0331. The van der Waals surface area contributed by atoms with Gasteiger partial charge in [-0.2, -0.15) is 4.31 Å². The Bertz CT molecular complexity index is 1140.